The molecule has 1 aromatic heterocycles. The highest BCUT2D eigenvalue weighted by atomic mass is 14.9. The summed E-state index contributed by atoms with van der Waals surface area (Å²) in [5.74, 6) is 0.795. The number of nitrogens with zero attached hydrogens (tertiary/aromatic N) is 2. The van der Waals surface area contributed by atoms with Gasteiger partial charge >= 0.3 is 0 Å². The van der Waals surface area contributed by atoms with Gasteiger partial charge in [0.15, 0.2) is 0 Å². The summed E-state index contributed by atoms with van der Waals surface area (Å²) in [5, 5.41) is 0. The van der Waals surface area contributed by atoms with Crippen LogP contribution in [0, 0.1) is 6.92 Å². The Hall–Kier alpha value is -1.74. The van der Waals surface area contributed by atoms with E-state index >= 15 is 0 Å². The lowest BCUT2D eigenvalue weighted by Crippen LogP contribution is -2.30. The summed E-state index contributed by atoms with van der Waals surface area (Å²) in [5.41, 5.74) is 8.87. The number of aromatic nitrogens is 2. The van der Waals surface area contributed by atoms with Crippen LogP contribution in [0.4, 0.5) is 0 Å². The Kier molecular flexibility index (Phi) is 3.43. The molecule has 2 rings (SSSR count). The van der Waals surface area contributed by atoms with E-state index in [4.69, 9.17) is 5.73 Å². The molecule has 18 heavy (non-hydrogen) atoms. The molecule has 0 saturated heterocycles. The molecule has 0 saturated carbocycles. The van der Waals surface area contributed by atoms with E-state index in [0.29, 0.717) is 6.54 Å². The maximum Gasteiger partial charge on any atom is 0.135 e. The molecular weight excluding hydrogens is 222 g/mol. The number of rotatable bonds is 3. The molecule has 0 atom stereocenters. The average Bonchev–Trinajstić information content (AvgIpc) is 2.39. The van der Waals surface area contributed by atoms with E-state index in [9.17, 15) is 0 Å². The smallest absolute Gasteiger partial charge is 0.135 e. The van der Waals surface area contributed by atoms with Crippen molar-refractivity contribution in [2.24, 2.45) is 5.73 Å². The van der Waals surface area contributed by atoms with Crippen LogP contribution in [0.2, 0.25) is 0 Å². The fraction of sp³-hybridized carbons (Fsp3) is 0.333. The first-order chi connectivity index (χ1) is 8.53. The highest BCUT2D eigenvalue weighted by Gasteiger charge is 2.22. The third kappa shape index (κ3) is 2.57. The van der Waals surface area contributed by atoms with Crippen molar-refractivity contribution >= 4 is 0 Å². The molecule has 1 aromatic carbocycles. The summed E-state index contributed by atoms with van der Waals surface area (Å²) in [4.78, 5) is 8.97. The minimum absolute atomic E-state index is 0.195. The Bertz CT molecular complexity index is 547. The number of hydrogen-bond acceptors (Lipinski definition) is 3. The zero-order valence-corrected chi connectivity index (χ0v) is 11.1. The van der Waals surface area contributed by atoms with Crippen LogP contribution in [0.5, 0.6) is 0 Å². The highest BCUT2D eigenvalue weighted by molar-refractivity contribution is 5.59. The highest BCUT2D eigenvalue weighted by Crippen LogP contribution is 2.22. The van der Waals surface area contributed by atoms with Crippen molar-refractivity contribution in [1.29, 1.82) is 0 Å². The van der Waals surface area contributed by atoms with Crippen molar-refractivity contribution in [3.05, 3.63) is 47.9 Å². The van der Waals surface area contributed by atoms with Gasteiger partial charge in [-0.1, -0.05) is 37.6 Å². The van der Waals surface area contributed by atoms with Crippen LogP contribution >= 0.6 is 0 Å². The van der Waals surface area contributed by atoms with Crippen LogP contribution in [0.25, 0.3) is 11.3 Å². The van der Waals surface area contributed by atoms with Crippen LogP contribution in [0.15, 0.2) is 36.5 Å². The van der Waals surface area contributed by atoms with Gasteiger partial charge in [0, 0.05) is 23.7 Å². The van der Waals surface area contributed by atoms with Gasteiger partial charge in [-0.25, -0.2) is 9.97 Å². The minimum Gasteiger partial charge on any atom is -0.329 e. The van der Waals surface area contributed by atoms with Gasteiger partial charge in [0.05, 0.1) is 5.69 Å². The van der Waals surface area contributed by atoms with Gasteiger partial charge in [0.1, 0.15) is 5.82 Å². The lowest BCUT2D eigenvalue weighted by atomic mass is 9.92. The quantitative estimate of drug-likeness (QED) is 0.898. The lowest BCUT2D eigenvalue weighted by Gasteiger charge is -2.20. The molecule has 0 unspecified atom stereocenters. The zero-order chi connectivity index (χ0) is 13.2. The van der Waals surface area contributed by atoms with Gasteiger partial charge < -0.3 is 5.73 Å². The number of aryl methyl sites for hydroxylation is 1. The molecule has 1 heterocycles. The van der Waals surface area contributed by atoms with E-state index < -0.39 is 0 Å². The van der Waals surface area contributed by atoms with Crippen molar-refractivity contribution in [2.75, 3.05) is 6.54 Å². The van der Waals surface area contributed by atoms with E-state index in [1.54, 1.807) is 6.20 Å². The molecular formula is C15H19N3. The summed E-state index contributed by atoms with van der Waals surface area (Å²) < 4.78 is 0. The van der Waals surface area contributed by atoms with Crippen molar-refractivity contribution < 1.29 is 0 Å². The van der Waals surface area contributed by atoms with Crippen molar-refractivity contribution in [2.45, 2.75) is 26.2 Å². The molecule has 0 aliphatic heterocycles. The van der Waals surface area contributed by atoms with Crippen LogP contribution in [0.3, 0.4) is 0 Å². The maximum atomic E-state index is 5.77. The van der Waals surface area contributed by atoms with Crippen LogP contribution < -0.4 is 5.73 Å². The van der Waals surface area contributed by atoms with Gasteiger partial charge in [0.25, 0.3) is 0 Å². The normalized spacial score (nSPS) is 11.6. The predicted molar refractivity (Wildman–Crippen MR) is 74.3 cm³/mol. The molecule has 0 aliphatic rings. The molecule has 2 N–H and O–H groups in total. The molecule has 94 valence electrons. The van der Waals surface area contributed by atoms with Crippen molar-refractivity contribution in [3.63, 3.8) is 0 Å². The first-order valence-electron chi connectivity index (χ1n) is 6.13. The van der Waals surface area contributed by atoms with Gasteiger partial charge in [0.2, 0.25) is 0 Å². The van der Waals surface area contributed by atoms with Gasteiger partial charge in [-0.2, -0.15) is 0 Å². The van der Waals surface area contributed by atoms with Gasteiger partial charge in [-0.3, -0.25) is 0 Å². The monoisotopic (exact) mass is 241 g/mol. The Morgan fingerprint density at radius 1 is 1.22 bits per heavy atom. The molecule has 2 aromatic rings. The van der Waals surface area contributed by atoms with E-state index in [-0.39, 0.29) is 5.41 Å². The standard InChI is InChI=1S/C15H19N3/c1-11-5-4-6-12(9-11)13-7-8-17-14(18-13)15(2,3)10-16/h4-9H,10,16H2,1-3H3. The Morgan fingerprint density at radius 3 is 2.67 bits per heavy atom. The number of hydrogen-bond donors (Lipinski definition) is 1. The summed E-state index contributed by atoms with van der Waals surface area (Å²) in [6.45, 7) is 6.73. The Morgan fingerprint density at radius 2 is 2.00 bits per heavy atom. The molecule has 0 amide bonds. The van der Waals surface area contributed by atoms with E-state index in [2.05, 4.69) is 48.9 Å². The summed E-state index contributed by atoms with van der Waals surface area (Å²) in [7, 11) is 0. The van der Waals surface area contributed by atoms with Crippen molar-refractivity contribution in [1.82, 2.24) is 9.97 Å². The summed E-state index contributed by atoms with van der Waals surface area (Å²) >= 11 is 0. The first-order valence-corrected chi connectivity index (χ1v) is 6.13. The molecule has 0 spiro atoms. The molecule has 0 aliphatic carbocycles. The second kappa shape index (κ2) is 4.86. The van der Waals surface area contributed by atoms with Gasteiger partial charge in [-0.05, 0) is 19.1 Å². The van der Waals surface area contributed by atoms with Crippen LogP contribution in [-0.4, -0.2) is 16.5 Å². The minimum atomic E-state index is -0.195. The fourth-order valence-electron chi connectivity index (χ4n) is 1.74. The Balaban J connectivity index is 2.45. The number of nitrogens with two attached hydrogens (primary N) is 1. The van der Waals surface area contributed by atoms with Crippen LogP contribution in [0.1, 0.15) is 25.2 Å². The topological polar surface area (TPSA) is 51.8 Å². The number of benzene rings is 1. The maximum absolute atomic E-state index is 5.77. The third-order valence-corrected chi connectivity index (χ3v) is 3.09. The first kappa shape index (κ1) is 12.7. The van der Waals surface area contributed by atoms with E-state index in [0.717, 1.165) is 17.1 Å². The molecule has 3 heteroatoms. The summed E-state index contributed by atoms with van der Waals surface area (Å²) in [6, 6.07) is 10.2. The van der Waals surface area contributed by atoms with Gasteiger partial charge in [-0.15, -0.1) is 0 Å². The van der Waals surface area contributed by atoms with E-state index in [1.807, 2.05) is 12.1 Å². The molecule has 0 bridgehead atoms. The summed E-state index contributed by atoms with van der Waals surface area (Å²) in [6.07, 6.45) is 1.80. The second-order valence-corrected chi connectivity index (χ2v) is 5.22. The predicted octanol–water partition coefficient (Wildman–Crippen LogP) is 2.69. The van der Waals surface area contributed by atoms with Crippen molar-refractivity contribution in [3.8, 4) is 11.3 Å². The van der Waals surface area contributed by atoms with Crippen LogP contribution in [-0.2, 0) is 5.41 Å². The average molecular weight is 241 g/mol. The molecule has 3 nitrogen and oxygen atoms in total. The zero-order valence-electron chi connectivity index (χ0n) is 11.1. The Labute approximate surface area is 108 Å². The SMILES string of the molecule is Cc1cccc(-c2ccnc(C(C)(C)CN)n2)c1. The third-order valence-electron chi connectivity index (χ3n) is 3.09. The fourth-order valence-corrected chi connectivity index (χ4v) is 1.74. The largest absolute Gasteiger partial charge is 0.329 e. The lowest BCUT2D eigenvalue weighted by molar-refractivity contribution is 0.503. The van der Waals surface area contributed by atoms with E-state index in [1.165, 1.54) is 5.56 Å². The molecule has 0 fully saturated rings. The molecule has 0 radical (unpaired) electrons. The second-order valence-electron chi connectivity index (χ2n) is 5.22.